The molecule has 0 aromatic heterocycles. The molecule has 0 unspecified atom stereocenters. The molecule has 0 aliphatic carbocycles. The molecule has 1 nitrogen and oxygen atoms in total. The fraction of sp³-hybridized carbons (Fsp3) is 0.0303. The molecule has 0 aliphatic rings. The first-order chi connectivity index (χ1) is 17.3. The van der Waals surface area contributed by atoms with Crippen LogP contribution in [0, 0.1) is 12.1 Å². The predicted octanol–water partition coefficient (Wildman–Crippen LogP) is 7.05. The van der Waals surface area contributed by atoms with E-state index in [9.17, 15) is 0 Å². The van der Waals surface area contributed by atoms with Crippen LogP contribution in [0.5, 0.6) is 5.75 Å². The highest BCUT2D eigenvalue weighted by Crippen LogP contribution is 2.33. The minimum atomic E-state index is -0.575. The maximum absolute atomic E-state index is 5.07. The standard InChI is InChI=1S/C22H16P.C11H9O/c1-3-11-20(12-4-1)23(21-13-5-2-6-14-21)22-16-15-18-9-7-8-10-19(18)17-22;1-12-11-7-6-9-4-2-3-5-10(9)8-11/h1-16H;2-7H,1H3. The molecule has 0 N–H and O–H groups in total. The fourth-order valence-electron chi connectivity index (χ4n) is 4.03. The summed E-state index contributed by atoms with van der Waals surface area (Å²) in [6.45, 7) is 0. The number of rotatable bonds is 4. The van der Waals surface area contributed by atoms with Crippen molar-refractivity contribution in [2.24, 2.45) is 0 Å². The number of ether oxygens (including phenoxy) is 1. The van der Waals surface area contributed by atoms with Gasteiger partial charge in [0.2, 0.25) is 0 Å². The van der Waals surface area contributed by atoms with Gasteiger partial charge in [0.05, 0.1) is 7.11 Å². The topological polar surface area (TPSA) is 9.23 Å². The number of hydrogen-bond donors (Lipinski definition) is 0. The van der Waals surface area contributed by atoms with Crippen molar-refractivity contribution < 1.29 is 4.74 Å². The predicted molar refractivity (Wildman–Crippen MR) is 151 cm³/mol. The van der Waals surface area contributed by atoms with Gasteiger partial charge in [-0.15, -0.1) is 0 Å². The lowest BCUT2D eigenvalue weighted by Crippen LogP contribution is -2.20. The van der Waals surface area contributed by atoms with E-state index >= 15 is 0 Å². The molecule has 0 aliphatic heterocycles. The van der Waals surface area contributed by atoms with Crippen LogP contribution in [-0.2, 0) is 0 Å². The van der Waals surface area contributed by atoms with E-state index in [1.165, 1.54) is 32.1 Å². The minimum absolute atomic E-state index is 0.575. The van der Waals surface area contributed by atoms with Crippen molar-refractivity contribution in [1.29, 1.82) is 0 Å². The van der Waals surface area contributed by atoms with Gasteiger partial charge in [0.25, 0.3) is 0 Å². The molecule has 6 rings (SSSR count). The molecule has 2 heteroatoms. The average Bonchev–Trinajstić information content (AvgIpc) is 2.94. The summed E-state index contributed by atoms with van der Waals surface area (Å²) >= 11 is 0. The molecule has 0 bridgehead atoms. The van der Waals surface area contributed by atoms with Gasteiger partial charge in [-0.2, -0.15) is 0 Å². The lowest BCUT2D eigenvalue weighted by molar-refractivity contribution is 0.414. The lowest BCUT2D eigenvalue weighted by Gasteiger charge is -2.19. The third-order valence-electron chi connectivity index (χ3n) is 5.77. The Bertz CT molecular complexity index is 1490. The molecule has 0 spiro atoms. The normalized spacial score (nSPS) is 10.7. The van der Waals surface area contributed by atoms with Crippen LogP contribution in [0.1, 0.15) is 0 Å². The molecule has 2 radical (unpaired) electrons. The first kappa shape index (κ1) is 22.8. The van der Waals surface area contributed by atoms with Gasteiger partial charge in [0, 0.05) is 6.07 Å². The van der Waals surface area contributed by atoms with E-state index in [1.54, 1.807) is 7.11 Å². The van der Waals surface area contributed by atoms with Crippen LogP contribution in [-0.4, -0.2) is 7.11 Å². The fourth-order valence-corrected chi connectivity index (χ4v) is 6.28. The number of methoxy groups -OCH3 is 1. The zero-order valence-electron chi connectivity index (χ0n) is 19.6. The Labute approximate surface area is 208 Å². The Morgan fingerprint density at radius 2 is 0.971 bits per heavy atom. The van der Waals surface area contributed by atoms with Crippen molar-refractivity contribution in [3.63, 3.8) is 0 Å². The molecular weight excluding hydrogens is 443 g/mol. The monoisotopic (exact) mass is 468 g/mol. The Balaban J connectivity index is 0.000000178. The Kier molecular flexibility index (Phi) is 7.18. The first-order valence-electron chi connectivity index (χ1n) is 11.6. The number of benzene rings is 6. The summed E-state index contributed by atoms with van der Waals surface area (Å²) in [4.78, 5) is 0. The maximum Gasteiger partial charge on any atom is 0.127 e. The number of hydrogen-bond acceptors (Lipinski definition) is 1. The van der Waals surface area contributed by atoms with Gasteiger partial charge in [-0.05, 0) is 57.5 Å². The van der Waals surface area contributed by atoms with Crippen molar-refractivity contribution in [2.75, 3.05) is 7.11 Å². The summed E-state index contributed by atoms with van der Waals surface area (Å²) in [6.07, 6.45) is 0. The summed E-state index contributed by atoms with van der Waals surface area (Å²) < 4.78 is 5.07. The molecule has 168 valence electrons. The van der Waals surface area contributed by atoms with Crippen LogP contribution in [0.15, 0.2) is 133 Å². The van der Waals surface area contributed by atoms with Crippen LogP contribution >= 0.6 is 7.92 Å². The summed E-state index contributed by atoms with van der Waals surface area (Å²) in [6, 6.07) is 53.3. The van der Waals surface area contributed by atoms with E-state index in [2.05, 4.69) is 115 Å². The van der Waals surface area contributed by atoms with Gasteiger partial charge < -0.3 is 4.74 Å². The third kappa shape index (κ3) is 5.43. The highest BCUT2D eigenvalue weighted by molar-refractivity contribution is 7.79. The quantitative estimate of drug-likeness (QED) is 0.252. The molecule has 0 saturated heterocycles. The molecule has 0 saturated carbocycles. The molecule has 0 heterocycles. The van der Waals surface area contributed by atoms with Crippen molar-refractivity contribution >= 4 is 45.4 Å². The van der Waals surface area contributed by atoms with Gasteiger partial charge in [-0.1, -0.05) is 127 Å². The average molecular weight is 469 g/mol. The Morgan fingerprint density at radius 1 is 0.486 bits per heavy atom. The minimum Gasteiger partial charge on any atom is -0.496 e. The van der Waals surface area contributed by atoms with Crippen LogP contribution in [0.4, 0.5) is 0 Å². The lowest BCUT2D eigenvalue weighted by atomic mass is 10.1. The molecule has 0 atom stereocenters. The molecule has 0 amide bonds. The Morgan fingerprint density at radius 3 is 1.54 bits per heavy atom. The highest BCUT2D eigenvalue weighted by atomic mass is 31.1. The van der Waals surface area contributed by atoms with Crippen LogP contribution < -0.4 is 20.7 Å². The second-order valence-corrected chi connectivity index (χ2v) is 10.2. The van der Waals surface area contributed by atoms with Crippen molar-refractivity contribution in [3.05, 3.63) is 146 Å². The smallest absolute Gasteiger partial charge is 0.127 e. The second kappa shape index (κ2) is 11.0. The summed E-state index contributed by atoms with van der Waals surface area (Å²) in [5, 5.41) is 8.71. The SMILES string of the molecule is COc1[c]c2ccccc2cc1.[c]1c(P(c2ccccc2)c2ccccc2)ccc2ccccc12. The van der Waals surface area contributed by atoms with Crippen molar-refractivity contribution in [2.45, 2.75) is 0 Å². The zero-order chi connectivity index (χ0) is 23.9. The van der Waals surface area contributed by atoms with Crippen LogP contribution in [0.25, 0.3) is 21.5 Å². The van der Waals surface area contributed by atoms with Gasteiger partial charge >= 0.3 is 0 Å². The van der Waals surface area contributed by atoms with Crippen LogP contribution in [0.3, 0.4) is 0 Å². The van der Waals surface area contributed by atoms with Crippen LogP contribution in [0.2, 0.25) is 0 Å². The molecule has 0 fully saturated rings. The van der Waals surface area contributed by atoms with E-state index in [-0.39, 0.29) is 0 Å². The largest absolute Gasteiger partial charge is 0.496 e. The van der Waals surface area contributed by atoms with Gasteiger partial charge in [-0.3, -0.25) is 0 Å². The second-order valence-electron chi connectivity index (χ2n) is 8.05. The van der Waals surface area contributed by atoms with Crippen molar-refractivity contribution in [3.8, 4) is 5.75 Å². The van der Waals surface area contributed by atoms with E-state index in [0.29, 0.717) is 0 Å². The zero-order valence-corrected chi connectivity index (χ0v) is 20.5. The first-order valence-corrected chi connectivity index (χ1v) is 12.9. The molecular formula is C33H25OP. The van der Waals surface area contributed by atoms with Gasteiger partial charge in [-0.25, -0.2) is 0 Å². The molecule has 6 aromatic carbocycles. The van der Waals surface area contributed by atoms with E-state index in [4.69, 9.17) is 4.74 Å². The summed E-state index contributed by atoms with van der Waals surface area (Å²) in [5.74, 6) is 0.786. The number of fused-ring (bicyclic) bond motifs is 2. The summed E-state index contributed by atoms with van der Waals surface area (Å²) in [5.41, 5.74) is 0. The summed E-state index contributed by atoms with van der Waals surface area (Å²) in [7, 11) is 1.08. The molecule has 35 heavy (non-hydrogen) atoms. The Hall–Kier alpha value is -3.93. The maximum atomic E-state index is 5.07. The van der Waals surface area contributed by atoms with Gasteiger partial charge in [0.1, 0.15) is 5.75 Å². The van der Waals surface area contributed by atoms with E-state index < -0.39 is 7.92 Å². The van der Waals surface area contributed by atoms with Gasteiger partial charge in [0.15, 0.2) is 0 Å². The van der Waals surface area contributed by atoms with E-state index in [1.807, 2.05) is 30.3 Å². The molecule has 6 aromatic rings. The third-order valence-corrected chi connectivity index (χ3v) is 8.14. The van der Waals surface area contributed by atoms with Crippen molar-refractivity contribution in [1.82, 2.24) is 0 Å². The highest BCUT2D eigenvalue weighted by Gasteiger charge is 2.16. The van der Waals surface area contributed by atoms with E-state index in [0.717, 1.165) is 11.1 Å².